The third-order valence-corrected chi connectivity index (χ3v) is 5.85. The molecule has 28 heavy (non-hydrogen) atoms. The summed E-state index contributed by atoms with van der Waals surface area (Å²) in [5, 5.41) is 8.89. The third-order valence-electron chi connectivity index (χ3n) is 4.71. The number of nitrogens with one attached hydrogen (secondary N) is 3. The quantitative estimate of drug-likeness (QED) is 0.405. The van der Waals surface area contributed by atoms with Crippen molar-refractivity contribution in [3.8, 4) is 0 Å². The number of thiocarbonyl (C=S) groups is 1. The average Bonchev–Trinajstić information content (AvgIpc) is 2.69. The van der Waals surface area contributed by atoms with E-state index in [1.54, 1.807) is 6.07 Å². The van der Waals surface area contributed by atoms with Gasteiger partial charge in [0.2, 0.25) is 5.91 Å². The van der Waals surface area contributed by atoms with E-state index >= 15 is 0 Å². The Hall–Kier alpha value is -2.00. The van der Waals surface area contributed by atoms with Crippen molar-refractivity contribution in [1.29, 1.82) is 0 Å². The molecule has 146 valence electrons. The fraction of sp³-hybridized carbons (Fsp3) is 0.286. The van der Waals surface area contributed by atoms with Crippen molar-refractivity contribution in [2.75, 3.05) is 10.6 Å². The van der Waals surface area contributed by atoms with Crippen LogP contribution >= 0.6 is 34.8 Å². The lowest BCUT2D eigenvalue weighted by Gasteiger charge is -2.21. The monoisotopic (exact) mass is 507 g/mol. The molecule has 2 aromatic carbocycles. The van der Waals surface area contributed by atoms with Crippen molar-refractivity contribution in [3.63, 3.8) is 0 Å². The van der Waals surface area contributed by atoms with E-state index < -0.39 is 0 Å². The molecule has 2 amide bonds. The first-order valence-corrected chi connectivity index (χ1v) is 10.8. The van der Waals surface area contributed by atoms with E-state index in [1.165, 1.54) is 6.42 Å². The normalized spacial score (nSPS) is 14.2. The molecule has 0 saturated heterocycles. The Morgan fingerprint density at radius 1 is 0.929 bits per heavy atom. The Morgan fingerprint density at radius 2 is 1.61 bits per heavy atom. The average molecular weight is 507 g/mol. The van der Waals surface area contributed by atoms with Gasteiger partial charge in [0.15, 0.2) is 5.11 Å². The minimum Gasteiger partial charge on any atom is -0.332 e. The van der Waals surface area contributed by atoms with E-state index in [-0.39, 0.29) is 22.8 Å². The van der Waals surface area contributed by atoms with Crippen LogP contribution in [0.15, 0.2) is 48.5 Å². The second-order valence-corrected chi connectivity index (χ2v) is 8.36. The first-order chi connectivity index (χ1) is 13.5. The number of rotatable bonds is 4. The lowest BCUT2D eigenvalue weighted by atomic mass is 9.88. The zero-order chi connectivity index (χ0) is 19.9. The standard InChI is InChI=1S/C21H22IN3O2S/c22-18-12-5-4-11-17(18)20(27)25-21(28)24-16-10-6-9-15(13-16)23-19(26)14-7-2-1-3-8-14/h4-6,9-14H,1-3,7-8H2,(H,23,26)(H2,24,25,27,28). The number of hydrogen-bond acceptors (Lipinski definition) is 3. The van der Waals surface area contributed by atoms with Gasteiger partial charge in [-0.2, -0.15) is 0 Å². The van der Waals surface area contributed by atoms with Gasteiger partial charge in [-0.15, -0.1) is 0 Å². The van der Waals surface area contributed by atoms with Gasteiger partial charge in [-0.25, -0.2) is 0 Å². The molecule has 0 bridgehead atoms. The van der Waals surface area contributed by atoms with Gasteiger partial charge in [0.25, 0.3) is 5.91 Å². The molecule has 0 heterocycles. The summed E-state index contributed by atoms with van der Waals surface area (Å²) in [4.78, 5) is 24.8. The first kappa shape index (κ1) is 20.7. The van der Waals surface area contributed by atoms with E-state index in [0.717, 1.165) is 29.3 Å². The highest BCUT2D eigenvalue weighted by atomic mass is 127. The van der Waals surface area contributed by atoms with Crippen molar-refractivity contribution in [1.82, 2.24) is 5.32 Å². The highest BCUT2D eigenvalue weighted by Crippen LogP contribution is 2.25. The second-order valence-electron chi connectivity index (χ2n) is 6.79. The van der Waals surface area contributed by atoms with Crippen LogP contribution in [-0.2, 0) is 4.79 Å². The summed E-state index contributed by atoms with van der Waals surface area (Å²) in [6.45, 7) is 0. The van der Waals surface area contributed by atoms with Gasteiger partial charge in [0.1, 0.15) is 0 Å². The second kappa shape index (κ2) is 9.97. The van der Waals surface area contributed by atoms with Crippen molar-refractivity contribution in [2.24, 2.45) is 5.92 Å². The molecule has 3 N–H and O–H groups in total. The molecule has 1 aliphatic carbocycles. The Labute approximate surface area is 183 Å². The summed E-state index contributed by atoms with van der Waals surface area (Å²) in [7, 11) is 0. The van der Waals surface area contributed by atoms with Crippen LogP contribution in [0.1, 0.15) is 42.5 Å². The van der Waals surface area contributed by atoms with E-state index in [2.05, 4.69) is 38.5 Å². The molecule has 0 unspecified atom stereocenters. The third kappa shape index (κ3) is 5.75. The van der Waals surface area contributed by atoms with Crippen molar-refractivity contribution >= 4 is 63.1 Å². The molecule has 0 aromatic heterocycles. The molecule has 0 aliphatic heterocycles. The van der Waals surface area contributed by atoms with E-state index in [9.17, 15) is 9.59 Å². The van der Waals surface area contributed by atoms with Crippen molar-refractivity contribution in [2.45, 2.75) is 32.1 Å². The minimum atomic E-state index is -0.260. The minimum absolute atomic E-state index is 0.0754. The highest BCUT2D eigenvalue weighted by molar-refractivity contribution is 14.1. The maximum atomic E-state index is 12.4. The maximum Gasteiger partial charge on any atom is 0.258 e. The van der Waals surface area contributed by atoms with Crippen LogP contribution in [0.2, 0.25) is 0 Å². The predicted molar refractivity (Wildman–Crippen MR) is 124 cm³/mol. The number of halogens is 1. The smallest absolute Gasteiger partial charge is 0.258 e. The summed E-state index contributed by atoms with van der Waals surface area (Å²) in [6.07, 6.45) is 5.37. The molecule has 1 fully saturated rings. The van der Waals surface area contributed by atoms with Gasteiger partial charge < -0.3 is 10.6 Å². The van der Waals surface area contributed by atoms with Crippen LogP contribution in [-0.4, -0.2) is 16.9 Å². The van der Waals surface area contributed by atoms with Crippen LogP contribution in [0.5, 0.6) is 0 Å². The number of benzene rings is 2. The number of hydrogen-bond donors (Lipinski definition) is 3. The number of carbonyl (C=O) groups is 2. The molecular formula is C21H22IN3O2S. The number of carbonyl (C=O) groups excluding carboxylic acids is 2. The predicted octanol–water partition coefficient (Wildman–Crippen LogP) is 4.94. The molecular weight excluding hydrogens is 485 g/mol. The Kier molecular flexibility index (Phi) is 7.38. The van der Waals surface area contributed by atoms with Crippen molar-refractivity contribution < 1.29 is 9.59 Å². The first-order valence-electron chi connectivity index (χ1n) is 9.31. The summed E-state index contributed by atoms with van der Waals surface area (Å²) in [6, 6.07) is 14.6. The maximum absolute atomic E-state index is 12.4. The molecule has 1 aliphatic rings. The van der Waals surface area contributed by atoms with Crippen LogP contribution < -0.4 is 16.0 Å². The number of anilines is 2. The zero-order valence-corrected chi connectivity index (χ0v) is 18.3. The zero-order valence-electron chi connectivity index (χ0n) is 15.3. The van der Waals surface area contributed by atoms with Crippen molar-refractivity contribution in [3.05, 3.63) is 57.7 Å². The largest absolute Gasteiger partial charge is 0.332 e. The summed E-state index contributed by atoms with van der Waals surface area (Å²) in [5.74, 6) is -0.0882. The van der Waals surface area contributed by atoms with E-state index in [0.29, 0.717) is 16.9 Å². The Balaban J connectivity index is 1.57. The topological polar surface area (TPSA) is 70.2 Å². The number of amides is 2. The lowest BCUT2D eigenvalue weighted by Crippen LogP contribution is -2.34. The van der Waals surface area contributed by atoms with E-state index in [1.807, 2.05) is 42.5 Å². The van der Waals surface area contributed by atoms with Gasteiger partial charge in [0.05, 0.1) is 5.56 Å². The van der Waals surface area contributed by atoms with Crippen LogP contribution in [0.4, 0.5) is 11.4 Å². The van der Waals surface area contributed by atoms with Gasteiger partial charge in [-0.05, 0) is 78.0 Å². The summed E-state index contributed by atoms with van der Waals surface area (Å²) >= 11 is 7.37. The van der Waals surface area contributed by atoms with Gasteiger partial charge in [-0.1, -0.05) is 37.5 Å². The Morgan fingerprint density at radius 3 is 2.32 bits per heavy atom. The van der Waals surface area contributed by atoms with E-state index in [4.69, 9.17) is 12.2 Å². The summed E-state index contributed by atoms with van der Waals surface area (Å²) < 4.78 is 0.854. The molecule has 2 aromatic rings. The van der Waals surface area contributed by atoms with Gasteiger partial charge >= 0.3 is 0 Å². The lowest BCUT2D eigenvalue weighted by molar-refractivity contribution is -0.120. The molecule has 7 heteroatoms. The molecule has 1 saturated carbocycles. The SMILES string of the molecule is O=C(NC(=S)Nc1cccc(NC(=O)C2CCCCC2)c1)c1ccccc1I. The molecule has 0 atom stereocenters. The fourth-order valence-corrected chi connectivity index (χ4v) is 4.10. The van der Waals surface area contributed by atoms with Gasteiger partial charge in [-0.3, -0.25) is 14.9 Å². The Bertz CT molecular complexity index is 881. The molecule has 5 nitrogen and oxygen atoms in total. The highest BCUT2D eigenvalue weighted by Gasteiger charge is 2.21. The molecule has 0 radical (unpaired) electrons. The van der Waals surface area contributed by atoms with Crippen LogP contribution in [0, 0.1) is 9.49 Å². The van der Waals surface area contributed by atoms with Crippen LogP contribution in [0.3, 0.4) is 0 Å². The fourth-order valence-electron chi connectivity index (χ4n) is 3.26. The van der Waals surface area contributed by atoms with Crippen LogP contribution in [0.25, 0.3) is 0 Å². The molecule has 0 spiro atoms. The van der Waals surface area contributed by atoms with Gasteiger partial charge in [0, 0.05) is 20.9 Å². The summed E-state index contributed by atoms with van der Waals surface area (Å²) in [5.41, 5.74) is 1.99. The molecule has 3 rings (SSSR count).